The van der Waals surface area contributed by atoms with Gasteiger partial charge in [0, 0.05) is 17.6 Å². The summed E-state index contributed by atoms with van der Waals surface area (Å²) in [7, 11) is 2.29. The van der Waals surface area contributed by atoms with Gasteiger partial charge in [-0.2, -0.15) is 0 Å². The molecule has 1 saturated carbocycles. The van der Waals surface area contributed by atoms with E-state index in [2.05, 4.69) is 37.2 Å². The zero-order valence-corrected chi connectivity index (χ0v) is 14.2. The molecule has 0 saturated heterocycles. The number of rotatable bonds is 7. The van der Waals surface area contributed by atoms with Crippen LogP contribution >= 0.6 is 0 Å². The number of nitrogens with one attached hydrogen (secondary N) is 1. The molecule has 1 atom stereocenters. The molecule has 0 amide bonds. The molecule has 3 heteroatoms. The summed E-state index contributed by atoms with van der Waals surface area (Å²) in [6.07, 6.45) is 8.29. The van der Waals surface area contributed by atoms with Crippen LogP contribution in [0, 0.1) is 13.8 Å². The second-order valence-electron chi connectivity index (χ2n) is 6.67. The highest BCUT2D eigenvalue weighted by Crippen LogP contribution is 2.22. The lowest BCUT2D eigenvalue weighted by Crippen LogP contribution is -2.35. The van der Waals surface area contributed by atoms with Crippen LogP contribution in [0.2, 0.25) is 0 Å². The quantitative estimate of drug-likeness (QED) is 0.763. The first kappa shape index (κ1) is 16.6. The molecule has 0 spiro atoms. The Hall–Kier alpha value is -0.800. The minimum atomic E-state index is 0.377. The smallest absolute Gasteiger partial charge is 0.105 e. The molecule has 2 rings (SSSR count). The number of hydrogen-bond acceptors (Lipinski definition) is 3. The molecule has 0 bridgehead atoms. The largest absolute Gasteiger partial charge is 0.466 e. The van der Waals surface area contributed by atoms with Gasteiger partial charge in [0.2, 0.25) is 0 Å². The monoisotopic (exact) mass is 292 g/mol. The number of nitrogens with zero attached hydrogens (tertiary/aromatic N) is 1. The van der Waals surface area contributed by atoms with Gasteiger partial charge in [0.1, 0.15) is 11.5 Å². The average molecular weight is 292 g/mol. The summed E-state index contributed by atoms with van der Waals surface area (Å²) in [5.41, 5.74) is 1.30. The summed E-state index contributed by atoms with van der Waals surface area (Å²) in [6.45, 7) is 8.57. The predicted octanol–water partition coefficient (Wildman–Crippen LogP) is 4.20. The Morgan fingerprint density at radius 1 is 1.29 bits per heavy atom. The van der Waals surface area contributed by atoms with Crippen molar-refractivity contribution in [3.8, 4) is 0 Å². The lowest BCUT2D eigenvalue weighted by atomic mass is 9.94. The fraction of sp³-hybridized carbons (Fsp3) is 0.778. The highest BCUT2D eigenvalue weighted by atomic mass is 16.3. The molecule has 120 valence electrons. The molecule has 1 fully saturated rings. The van der Waals surface area contributed by atoms with Crippen molar-refractivity contribution in [3.05, 3.63) is 23.2 Å². The zero-order chi connectivity index (χ0) is 15.2. The summed E-state index contributed by atoms with van der Waals surface area (Å²) >= 11 is 0. The normalized spacial score (nSPS) is 18.3. The summed E-state index contributed by atoms with van der Waals surface area (Å²) < 4.78 is 5.61. The summed E-state index contributed by atoms with van der Waals surface area (Å²) in [5, 5.41) is 3.62. The van der Waals surface area contributed by atoms with E-state index in [1.807, 2.05) is 6.92 Å². The third-order valence-electron chi connectivity index (χ3n) is 4.88. The Balaban J connectivity index is 1.66. The predicted molar refractivity (Wildman–Crippen MR) is 88.7 cm³/mol. The van der Waals surface area contributed by atoms with Gasteiger partial charge in [-0.05, 0) is 66.2 Å². The SMILES string of the molecule is Cc1cc(C(C)NCCCN(C)C2CCCCC2)c(C)o1. The van der Waals surface area contributed by atoms with Crippen LogP contribution in [0.15, 0.2) is 10.5 Å². The second kappa shape index (κ2) is 8.00. The molecule has 0 radical (unpaired) electrons. The van der Waals surface area contributed by atoms with Gasteiger partial charge in [-0.25, -0.2) is 0 Å². The van der Waals surface area contributed by atoms with E-state index in [0.29, 0.717) is 6.04 Å². The van der Waals surface area contributed by atoms with Crippen LogP contribution < -0.4 is 5.32 Å². The standard InChI is InChI=1S/C18H32N2O/c1-14-13-18(16(3)21-14)15(2)19-11-8-12-20(4)17-9-6-5-7-10-17/h13,15,17,19H,5-12H2,1-4H3. The van der Waals surface area contributed by atoms with E-state index >= 15 is 0 Å². The molecule has 1 N–H and O–H groups in total. The van der Waals surface area contributed by atoms with Gasteiger partial charge in [0.05, 0.1) is 0 Å². The minimum absolute atomic E-state index is 0.377. The van der Waals surface area contributed by atoms with Crippen molar-refractivity contribution < 1.29 is 4.42 Å². The molecule has 0 aliphatic heterocycles. The Morgan fingerprint density at radius 3 is 2.62 bits per heavy atom. The van der Waals surface area contributed by atoms with Crippen LogP contribution in [-0.2, 0) is 0 Å². The molecule has 21 heavy (non-hydrogen) atoms. The molecule has 1 aromatic heterocycles. The van der Waals surface area contributed by atoms with Gasteiger partial charge in [0.25, 0.3) is 0 Å². The molecule has 1 aliphatic rings. The summed E-state index contributed by atoms with van der Waals surface area (Å²) in [6, 6.07) is 3.36. The van der Waals surface area contributed by atoms with Crippen molar-refractivity contribution in [2.45, 2.75) is 71.4 Å². The highest BCUT2D eigenvalue weighted by molar-refractivity contribution is 5.23. The van der Waals surface area contributed by atoms with Gasteiger partial charge >= 0.3 is 0 Å². The summed E-state index contributed by atoms with van der Waals surface area (Å²) in [5.74, 6) is 2.06. The van der Waals surface area contributed by atoms with Gasteiger partial charge in [-0.1, -0.05) is 19.3 Å². The fourth-order valence-electron chi connectivity index (χ4n) is 3.54. The lowest BCUT2D eigenvalue weighted by Gasteiger charge is -2.31. The van der Waals surface area contributed by atoms with Crippen molar-refractivity contribution in [2.75, 3.05) is 20.1 Å². The van der Waals surface area contributed by atoms with Crippen molar-refractivity contribution in [3.63, 3.8) is 0 Å². The Morgan fingerprint density at radius 2 is 2.00 bits per heavy atom. The first-order valence-corrected chi connectivity index (χ1v) is 8.58. The third-order valence-corrected chi connectivity index (χ3v) is 4.88. The van der Waals surface area contributed by atoms with Gasteiger partial charge in [-0.3, -0.25) is 0 Å². The molecular weight excluding hydrogens is 260 g/mol. The Labute approximate surface area is 130 Å². The maximum absolute atomic E-state index is 5.61. The van der Waals surface area contributed by atoms with Crippen LogP contribution in [0.1, 0.15) is 68.6 Å². The molecule has 1 unspecified atom stereocenters. The average Bonchev–Trinajstić information content (AvgIpc) is 2.83. The van der Waals surface area contributed by atoms with Gasteiger partial charge in [0.15, 0.2) is 0 Å². The van der Waals surface area contributed by atoms with Crippen LogP contribution in [-0.4, -0.2) is 31.1 Å². The minimum Gasteiger partial charge on any atom is -0.466 e. The van der Waals surface area contributed by atoms with Gasteiger partial charge in [-0.15, -0.1) is 0 Å². The molecule has 0 aromatic carbocycles. The lowest BCUT2D eigenvalue weighted by molar-refractivity contribution is 0.189. The molecule has 1 heterocycles. The van der Waals surface area contributed by atoms with E-state index in [4.69, 9.17) is 4.42 Å². The molecule has 1 aliphatic carbocycles. The van der Waals surface area contributed by atoms with E-state index in [0.717, 1.165) is 24.1 Å². The van der Waals surface area contributed by atoms with E-state index < -0.39 is 0 Å². The summed E-state index contributed by atoms with van der Waals surface area (Å²) in [4.78, 5) is 2.57. The van der Waals surface area contributed by atoms with E-state index in [1.165, 1.54) is 50.6 Å². The maximum Gasteiger partial charge on any atom is 0.105 e. The second-order valence-corrected chi connectivity index (χ2v) is 6.67. The number of furan rings is 1. The zero-order valence-electron chi connectivity index (χ0n) is 14.2. The fourth-order valence-corrected chi connectivity index (χ4v) is 3.54. The van der Waals surface area contributed by atoms with Crippen molar-refractivity contribution in [2.24, 2.45) is 0 Å². The highest BCUT2D eigenvalue weighted by Gasteiger charge is 2.17. The Bertz CT molecular complexity index is 421. The first-order chi connectivity index (χ1) is 10.1. The van der Waals surface area contributed by atoms with Gasteiger partial charge < -0.3 is 14.6 Å². The van der Waals surface area contributed by atoms with Crippen molar-refractivity contribution >= 4 is 0 Å². The van der Waals surface area contributed by atoms with E-state index in [-0.39, 0.29) is 0 Å². The Kier molecular flexibility index (Phi) is 6.31. The molecular formula is C18H32N2O. The number of aryl methyl sites for hydroxylation is 2. The third kappa shape index (κ3) is 4.86. The van der Waals surface area contributed by atoms with Crippen LogP contribution in [0.5, 0.6) is 0 Å². The molecule has 1 aromatic rings. The van der Waals surface area contributed by atoms with Crippen LogP contribution in [0.25, 0.3) is 0 Å². The number of hydrogen-bond donors (Lipinski definition) is 1. The van der Waals surface area contributed by atoms with Crippen LogP contribution in [0.3, 0.4) is 0 Å². The topological polar surface area (TPSA) is 28.4 Å². The van der Waals surface area contributed by atoms with E-state index in [1.54, 1.807) is 0 Å². The van der Waals surface area contributed by atoms with Crippen molar-refractivity contribution in [1.82, 2.24) is 10.2 Å². The van der Waals surface area contributed by atoms with Crippen molar-refractivity contribution in [1.29, 1.82) is 0 Å². The van der Waals surface area contributed by atoms with Crippen LogP contribution in [0.4, 0.5) is 0 Å². The molecule has 3 nitrogen and oxygen atoms in total. The first-order valence-electron chi connectivity index (χ1n) is 8.58. The van der Waals surface area contributed by atoms with E-state index in [9.17, 15) is 0 Å². The maximum atomic E-state index is 5.61.